The molecule has 4 heteroatoms. The summed E-state index contributed by atoms with van der Waals surface area (Å²) >= 11 is 0. The number of ether oxygens (including phenoxy) is 1. The Morgan fingerprint density at radius 1 is 1.24 bits per heavy atom. The second-order valence-corrected chi connectivity index (χ2v) is 5.20. The van der Waals surface area contributed by atoms with Gasteiger partial charge in [0, 0.05) is 24.5 Å². The van der Waals surface area contributed by atoms with Crippen molar-refractivity contribution in [2.24, 2.45) is 0 Å². The van der Waals surface area contributed by atoms with Crippen molar-refractivity contribution >= 4 is 5.97 Å². The predicted molar refractivity (Wildman–Crippen MR) is 82.8 cm³/mol. The molecule has 0 aliphatic rings. The summed E-state index contributed by atoms with van der Waals surface area (Å²) in [5, 5.41) is 0. The van der Waals surface area contributed by atoms with Crippen LogP contribution in [-0.2, 0) is 16.1 Å². The number of carbonyl (C=O) groups excluding carboxylic acids is 1. The Morgan fingerprint density at radius 2 is 2.05 bits per heavy atom. The zero-order chi connectivity index (χ0) is 15.2. The number of aryl methyl sites for hydroxylation is 1. The number of benzene rings is 1. The van der Waals surface area contributed by atoms with Crippen molar-refractivity contribution in [3.63, 3.8) is 0 Å². The van der Waals surface area contributed by atoms with Gasteiger partial charge in [0.15, 0.2) is 0 Å². The first-order valence-corrected chi connectivity index (χ1v) is 6.85. The van der Waals surface area contributed by atoms with E-state index in [1.807, 2.05) is 37.3 Å². The van der Waals surface area contributed by atoms with Gasteiger partial charge in [0.1, 0.15) is 0 Å². The van der Waals surface area contributed by atoms with Gasteiger partial charge >= 0.3 is 5.97 Å². The van der Waals surface area contributed by atoms with E-state index in [1.54, 1.807) is 0 Å². The third-order valence-electron chi connectivity index (χ3n) is 3.21. The fourth-order valence-electron chi connectivity index (χ4n) is 2.21. The molecule has 0 spiro atoms. The van der Waals surface area contributed by atoms with Crippen LogP contribution in [0.25, 0.3) is 11.1 Å². The lowest BCUT2D eigenvalue weighted by molar-refractivity contribution is -0.141. The molecule has 0 bridgehead atoms. The Kier molecular flexibility index (Phi) is 5.06. The van der Waals surface area contributed by atoms with Crippen LogP contribution >= 0.6 is 0 Å². The molecule has 0 N–H and O–H groups in total. The molecular weight excluding hydrogens is 264 g/mol. The second-order valence-electron chi connectivity index (χ2n) is 5.20. The minimum Gasteiger partial charge on any atom is -0.468 e. The Hall–Kier alpha value is -2.20. The molecule has 0 aliphatic carbocycles. The van der Waals surface area contributed by atoms with Crippen LogP contribution in [0.4, 0.5) is 0 Å². The predicted octanol–water partition coefficient (Wildman–Crippen LogP) is 2.66. The number of aromatic nitrogens is 1. The molecule has 0 unspecified atom stereocenters. The maximum atomic E-state index is 11.3. The fourth-order valence-corrected chi connectivity index (χ4v) is 2.21. The monoisotopic (exact) mass is 284 g/mol. The average molecular weight is 284 g/mol. The van der Waals surface area contributed by atoms with Gasteiger partial charge in [-0.1, -0.05) is 18.2 Å². The number of methoxy groups -OCH3 is 1. The highest BCUT2D eigenvalue weighted by molar-refractivity contribution is 5.71. The maximum Gasteiger partial charge on any atom is 0.319 e. The third kappa shape index (κ3) is 4.39. The van der Waals surface area contributed by atoms with Crippen LogP contribution in [0, 0.1) is 6.92 Å². The summed E-state index contributed by atoms with van der Waals surface area (Å²) in [6.07, 6.45) is 3.71. The molecule has 2 rings (SSSR count). The molecule has 1 aromatic carbocycles. The molecule has 4 nitrogen and oxygen atoms in total. The first-order valence-electron chi connectivity index (χ1n) is 6.85. The molecule has 0 radical (unpaired) electrons. The molecule has 0 saturated heterocycles. The van der Waals surface area contributed by atoms with Crippen LogP contribution in [0.5, 0.6) is 0 Å². The number of likely N-dealkylation sites (N-methyl/N-ethyl adjacent to an activating group) is 1. The van der Waals surface area contributed by atoms with Crippen molar-refractivity contribution in [1.29, 1.82) is 0 Å². The van der Waals surface area contributed by atoms with Crippen molar-refractivity contribution in [3.05, 3.63) is 53.9 Å². The van der Waals surface area contributed by atoms with Crippen LogP contribution in [0.2, 0.25) is 0 Å². The SMILES string of the molecule is COC(=O)CN(C)Cc1cccc(-c2cncc(C)c2)c1. The zero-order valence-corrected chi connectivity index (χ0v) is 12.7. The van der Waals surface area contributed by atoms with E-state index >= 15 is 0 Å². The number of nitrogens with zero attached hydrogens (tertiary/aromatic N) is 2. The van der Waals surface area contributed by atoms with E-state index in [0.29, 0.717) is 6.54 Å². The minimum atomic E-state index is -0.225. The smallest absolute Gasteiger partial charge is 0.319 e. The topological polar surface area (TPSA) is 42.4 Å². The van der Waals surface area contributed by atoms with Crippen molar-refractivity contribution in [1.82, 2.24) is 9.88 Å². The van der Waals surface area contributed by atoms with Crippen LogP contribution in [-0.4, -0.2) is 36.6 Å². The van der Waals surface area contributed by atoms with E-state index in [-0.39, 0.29) is 12.5 Å². The summed E-state index contributed by atoms with van der Waals surface area (Å²) in [6, 6.07) is 10.4. The molecule has 21 heavy (non-hydrogen) atoms. The Labute approximate surface area is 125 Å². The highest BCUT2D eigenvalue weighted by Crippen LogP contribution is 2.21. The van der Waals surface area contributed by atoms with Gasteiger partial charge in [-0.2, -0.15) is 0 Å². The minimum absolute atomic E-state index is 0.225. The summed E-state index contributed by atoms with van der Waals surface area (Å²) in [5.74, 6) is -0.225. The largest absolute Gasteiger partial charge is 0.468 e. The zero-order valence-electron chi connectivity index (χ0n) is 12.7. The summed E-state index contributed by atoms with van der Waals surface area (Å²) < 4.78 is 4.68. The summed E-state index contributed by atoms with van der Waals surface area (Å²) in [5.41, 5.74) is 4.53. The lowest BCUT2D eigenvalue weighted by atomic mass is 10.0. The Bertz CT molecular complexity index is 626. The lowest BCUT2D eigenvalue weighted by Crippen LogP contribution is -2.26. The maximum absolute atomic E-state index is 11.3. The number of hydrogen-bond acceptors (Lipinski definition) is 4. The van der Waals surface area contributed by atoms with E-state index in [4.69, 9.17) is 0 Å². The highest BCUT2D eigenvalue weighted by atomic mass is 16.5. The Balaban J connectivity index is 2.13. The Morgan fingerprint density at radius 3 is 2.76 bits per heavy atom. The van der Waals surface area contributed by atoms with Crippen molar-refractivity contribution < 1.29 is 9.53 Å². The van der Waals surface area contributed by atoms with Gasteiger partial charge < -0.3 is 4.74 Å². The molecule has 1 heterocycles. The molecule has 0 aliphatic heterocycles. The standard InChI is InChI=1S/C17H20N2O2/c1-13-7-16(10-18-9-13)15-6-4-5-14(8-15)11-19(2)12-17(20)21-3/h4-10H,11-12H2,1-3H3. The molecule has 0 atom stereocenters. The van der Waals surface area contributed by atoms with Gasteiger partial charge in [0.2, 0.25) is 0 Å². The highest BCUT2D eigenvalue weighted by Gasteiger charge is 2.07. The number of rotatable bonds is 5. The number of esters is 1. The normalized spacial score (nSPS) is 10.7. The lowest BCUT2D eigenvalue weighted by Gasteiger charge is -2.15. The molecule has 2 aromatic rings. The van der Waals surface area contributed by atoms with Crippen LogP contribution in [0.1, 0.15) is 11.1 Å². The summed E-state index contributed by atoms with van der Waals surface area (Å²) in [7, 11) is 3.30. The van der Waals surface area contributed by atoms with Gasteiger partial charge in [-0.25, -0.2) is 0 Å². The number of carbonyl (C=O) groups is 1. The third-order valence-corrected chi connectivity index (χ3v) is 3.21. The van der Waals surface area contributed by atoms with E-state index < -0.39 is 0 Å². The van der Waals surface area contributed by atoms with E-state index in [2.05, 4.69) is 34.0 Å². The van der Waals surface area contributed by atoms with Crippen molar-refractivity contribution in [2.75, 3.05) is 20.7 Å². The van der Waals surface area contributed by atoms with Crippen LogP contribution < -0.4 is 0 Å². The van der Waals surface area contributed by atoms with Crippen molar-refractivity contribution in [2.45, 2.75) is 13.5 Å². The quantitative estimate of drug-likeness (QED) is 0.792. The molecule has 0 amide bonds. The molecule has 110 valence electrons. The van der Waals surface area contributed by atoms with Crippen LogP contribution in [0.3, 0.4) is 0 Å². The molecule has 1 aromatic heterocycles. The van der Waals surface area contributed by atoms with Gasteiger partial charge in [-0.3, -0.25) is 14.7 Å². The molecule has 0 fully saturated rings. The first kappa shape index (κ1) is 15.2. The number of pyridine rings is 1. The first-order chi connectivity index (χ1) is 10.1. The second kappa shape index (κ2) is 6.99. The fraction of sp³-hybridized carbons (Fsp3) is 0.294. The van der Waals surface area contributed by atoms with Gasteiger partial charge in [-0.15, -0.1) is 0 Å². The van der Waals surface area contributed by atoms with E-state index in [9.17, 15) is 4.79 Å². The summed E-state index contributed by atoms with van der Waals surface area (Å²) in [6.45, 7) is 3.01. The summed E-state index contributed by atoms with van der Waals surface area (Å²) in [4.78, 5) is 17.4. The van der Waals surface area contributed by atoms with Gasteiger partial charge in [0.05, 0.1) is 13.7 Å². The molecular formula is C17H20N2O2. The average Bonchev–Trinajstić information content (AvgIpc) is 2.47. The van der Waals surface area contributed by atoms with Crippen LogP contribution in [0.15, 0.2) is 42.7 Å². The van der Waals surface area contributed by atoms with E-state index in [0.717, 1.165) is 22.3 Å². The van der Waals surface area contributed by atoms with Gasteiger partial charge in [-0.05, 0) is 42.8 Å². The molecule has 0 saturated carbocycles. The van der Waals surface area contributed by atoms with Crippen molar-refractivity contribution in [3.8, 4) is 11.1 Å². The van der Waals surface area contributed by atoms with Gasteiger partial charge in [0.25, 0.3) is 0 Å². The number of hydrogen-bond donors (Lipinski definition) is 0. The van der Waals surface area contributed by atoms with E-state index in [1.165, 1.54) is 7.11 Å².